The molecular weight excluding hydrogens is 192 g/mol. The van der Waals surface area contributed by atoms with E-state index in [2.05, 4.69) is 0 Å². The minimum atomic E-state index is -0.416. The molecule has 15 heavy (non-hydrogen) atoms. The first-order valence-corrected chi connectivity index (χ1v) is 5.37. The Kier molecular flexibility index (Phi) is 2.03. The molecule has 2 atom stereocenters. The lowest BCUT2D eigenvalue weighted by Crippen LogP contribution is -2.43. The summed E-state index contributed by atoms with van der Waals surface area (Å²) >= 11 is 0. The summed E-state index contributed by atoms with van der Waals surface area (Å²) in [5.74, 6) is 0.909. The number of Topliss-reactive ketones (excluding diaryl/α,β-unsaturated/α-hetero) is 1. The van der Waals surface area contributed by atoms with Crippen molar-refractivity contribution >= 4 is 5.78 Å². The lowest BCUT2D eigenvalue weighted by molar-refractivity contribution is -0.130. The van der Waals surface area contributed by atoms with Gasteiger partial charge in [-0.2, -0.15) is 0 Å². The van der Waals surface area contributed by atoms with Crippen molar-refractivity contribution in [2.75, 3.05) is 0 Å². The van der Waals surface area contributed by atoms with Gasteiger partial charge in [0.25, 0.3) is 0 Å². The van der Waals surface area contributed by atoms with Gasteiger partial charge in [-0.05, 0) is 27.2 Å². The number of hydrogen-bond donors (Lipinski definition) is 0. The molecule has 0 N–H and O–H groups in total. The molecule has 0 aromatic rings. The van der Waals surface area contributed by atoms with Gasteiger partial charge >= 0.3 is 0 Å². The summed E-state index contributed by atoms with van der Waals surface area (Å²) in [6.07, 6.45) is 0.442. The van der Waals surface area contributed by atoms with Crippen LogP contribution in [0.4, 0.5) is 0 Å². The van der Waals surface area contributed by atoms with Crippen molar-refractivity contribution in [2.45, 2.75) is 52.9 Å². The van der Waals surface area contributed by atoms with Crippen LogP contribution in [0.2, 0.25) is 0 Å². The van der Waals surface area contributed by atoms with Crippen molar-refractivity contribution in [3.63, 3.8) is 0 Å². The molecule has 2 aliphatic rings. The van der Waals surface area contributed by atoms with Gasteiger partial charge in [0.15, 0.2) is 12.1 Å². The number of ketones is 1. The van der Waals surface area contributed by atoms with E-state index in [1.54, 1.807) is 0 Å². The van der Waals surface area contributed by atoms with Crippen molar-refractivity contribution in [2.24, 2.45) is 5.41 Å². The highest BCUT2D eigenvalue weighted by atomic mass is 16.7. The SMILES string of the molecule is CC1=C2O[C@H](C)O[C@@]2(C)CC(C)(C)C1=O. The zero-order chi connectivity index (χ0) is 11.4. The number of ether oxygens (including phenoxy) is 2. The molecule has 1 fully saturated rings. The van der Waals surface area contributed by atoms with E-state index in [9.17, 15) is 4.79 Å². The van der Waals surface area contributed by atoms with E-state index in [4.69, 9.17) is 9.47 Å². The third-order valence-corrected chi connectivity index (χ3v) is 3.27. The number of rotatable bonds is 0. The summed E-state index contributed by atoms with van der Waals surface area (Å²) in [7, 11) is 0. The first kappa shape index (κ1) is 10.7. The summed E-state index contributed by atoms with van der Waals surface area (Å²) in [6.45, 7) is 9.63. The highest BCUT2D eigenvalue weighted by Crippen LogP contribution is 2.48. The molecule has 0 bridgehead atoms. The second-order valence-corrected chi connectivity index (χ2v) is 5.38. The quantitative estimate of drug-likeness (QED) is 0.616. The zero-order valence-electron chi connectivity index (χ0n) is 10.0. The van der Waals surface area contributed by atoms with Crippen molar-refractivity contribution < 1.29 is 14.3 Å². The van der Waals surface area contributed by atoms with Gasteiger partial charge in [0, 0.05) is 11.0 Å². The Morgan fingerprint density at radius 3 is 2.53 bits per heavy atom. The molecule has 0 aromatic carbocycles. The van der Waals surface area contributed by atoms with Crippen LogP contribution >= 0.6 is 0 Å². The number of carbonyl (C=O) groups is 1. The minimum Gasteiger partial charge on any atom is -0.466 e. The van der Waals surface area contributed by atoms with Crippen molar-refractivity contribution in [3.05, 3.63) is 11.3 Å². The standard InChI is InChI=1S/C12H18O3/c1-7-9(13)11(3,4)6-12(5)10(7)14-8(2)15-12/h8H,6H2,1-5H3/t8-,12-/m0/s1. The van der Waals surface area contributed by atoms with Crippen LogP contribution in [-0.4, -0.2) is 17.7 Å². The predicted octanol–water partition coefficient (Wildman–Crippen LogP) is 2.41. The van der Waals surface area contributed by atoms with Crippen LogP contribution in [0, 0.1) is 5.41 Å². The third-order valence-electron chi connectivity index (χ3n) is 3.27. The van der Waals surface area contributed by atoms with Crippen LogP contribution in [0.5, 0.6) is 0 Å². The Morgan fingerprint density at radius 1 is 1.33 bits per heavy atom. The molecule has 1 heterocycles. The van der Waals surface area contributed by atoms with E-state index in [0.29, 0.717) is 6.42 Å². The van der Waals surface area contributed by atoms with E-state index in [0.717, 1.165) is 11.3 Å². The summed E-state index contributed by atoms with van der Waals surface area (Å²) in [4.78, 5) is 12.0. The van der Waals surface area contributed by atoms with Gasteiger partial charge < -0.3 is 9.47 Å². The number of hydrogen-bond acceptors (Lipinski definition) is 3. The van der Waals surface area contributed by atoms with E-state index in [1.807, 2.05) is 34.6 Å². The van der Waals surface area contributed by atoms with Gasteiger partial charge in [-0.25, -0.2) is 0 Å². The van der Waals surface area contributed by atoms with E-state index in [1.165, 1.54) is 0 Å². The second-order valence-electron chi connectivity index (χ2n) is 5.38. The Morgan fingerprint density at radius 2 is 1.93 bits per heavy atom. The van der Waals surface area contributed by atoms with Gasteiger partial charge in [-0.3, -0.25) is 4.79 Å². The van der Waals surface area contributed by atoms with Gasteiger partial charge in [0.05, 0.1) is 0 Å². The maximum Gasteiger partial charge on any atom is 0.197 e. The number of allylic oxidation sites excluding steroid dienone is 1. The summed E-state index contributed by atoms with van der Waals surface area (Å²) in [5.41, 5.74) is -0.0467. The molecule has 1 saturated heterocycles. The average molecular weight is 210 g/mol. The van der Waals surface area contributed by atoms with Gasteiger partial charge in [-0.1, -0.05) is 13.8 Å². The van der Waals surface area contributed by atoms with Crippen LogP contribution in [0.3, 0.4) is 0 Å². The topological polar surface area (TPSA) is 35.5 Å². The van der Waals surface area contributed by atoms with Gasteiger partial charge in [-0.15, -0.1) is 0 Å². The lowest BCUT2D eigenvalue weighted by Gasteiger charge is -2.37. The summed E-state index contributed by atoms with van der Waals surface area (Å²) < 4.78 is 11.4. The summed E-state index contributed by atoms with van der Waals surface area (Å²) in [6, 6.07) is 0. The monoisotopic (exact) mass is 210 g/mol. The van der Waals surface area contributed by atoms with Crippen LogP contribution in [0.25, 0.3) is 0 Å². The molecule has 1 aliphatic heterocycles. The van der Waals surface area contributed by atoms with E-state index in [-0.39, 0.29) is 17.5 Å². The van der Waals surface area contributed by atoms with E-state index < -0.39 is 5.60 Å². The van der Waals surface area contributed by atoms with Crippen LogP contribution in [-0.2, 0) is 14.3 Å². The number of fused-ring (bicyclic) bond motifs is 1. The Hall–Kier alpha value is -0.830. The minimum absolute atomic E-state index is 0.174. The summed E-state index contributed by atoms with van der Waals surface area (Å²) in [5, 5.41) is 0. The first-order valence-electron chi connectivity index (χ1n) is 5.37. The molecular formula is C12H18O3. The molecule has 2 rings (SSSR count). The highest BCUT2D eigenvalue weighted by Gasteiger charge is 2.52. The first-order chi connectivity index (χ1) is 6.76. The normalized spacial score (nSPS) is 39.0. The molecule has 3 nitrogen and oxygen atoms in total. The van der Waals surface area contributed by atoms with Gasteiger partial charge in [0.2, 0.25) is 0 Å². The molecule has 0 saturated carbocycles. The van der Waals surface area contributed by atoms with E-state index >= 15 is 0 Å². The molecule has 0 amide bonds. The molecule has 1 aliphatic carbocycles. The molecule has 3 heteroatoms. The fraction of sp³-hybridized carbons (Fsp3) is 0.750. The maximum absolute atomic E-state index is 12.0. The Bertz CT molecular complexity index is 354. The van der Waals surface area contributed by atoms with Crippen LogP contribution in [0.1, 0.15) is 41.0 Å². The maximum atomic E-state index is 12.0. The predicted molar refractivity (Wildman–Crippen MR) is 56.1 cm³/mol. The Balaban J connectivity index is 2.51. The van der Waals surface area contributed by atoms with Crippen LogP contribution < -0.4 is 0 Å². The average Bonchev–Trinajstić information content (AvgIpc) is 2.36. The fourth-order valence-electron chi connectivity index (χ4n) is 2.88. The van der Waals surface area contributed by atoms with Crippen LogP contribution in [0.15, 0.2) is 11.3 Å². The Labute approximate surface area is 90.4 Å². The molecule has 84 valence electrons. The lowest BCUT2D eigenvalue weighted by atomic mass is 9.70. The van der Waals surface area contributed by atoms with Gasteiger partial charge in [0.1, 0.15) is 11.4 Å². The third kappa shape index (κ3) is 1.41. The zero-order valence-corrected chi connectivity index (χ0v) is 10.0. The molecule has 0 unspecified atom stereocenters. The smallest absolute Gasteiger partial charge is 0.197 e. The molecule has 0 spiro atoms. The van der Waals surface area contributed by atoms with Crippen molar-refractivity contribution in [1.82, 2.24) is 0 Å². The van der Waals surface area contributed by atoms with Crippen molar-refractivity contribution in [3.8, 4) is 0 Å². The molecule has 0 radical (unpaired) electrons. The fourth-order valence-corrected chi connectivity index (χ4v) is 2.88. The largest absolute Gasteiger partial charge is 0.466 e. The van der Waals surface area contributed by atoms with Crippen molar-refractivity contribution in [1.29, 1.82) is 0 Å². The number of carbonyl (C=O) groups excluding carboxylic acids is 1. The highest BCUT2D eigenvalue weighted by molar-refractivity contribution is 6.00. The molecule has 0 aromatic heterocycles. The second kappa shape index (κ2) is 2.85.